The van der Waals surface area contributed by atoms with Crippen molar-refractivity contribution >= 4 is 35.2 Å². The van der Waals surface area contributed by atoms with Crippen molar-refractivity contribution in [2.75, 3.05) is 5.32 Å². The topological polar surface area (TPSA) is 144 Å². The molecule has 0 aliphatic carbocycles. The van der Waals surface area contributed by atoms with E-state index in [1.807, 2.05) is 0 Å². The maximum Gasteiger partial charge on any atom is 0.309 e. The Hall–Kier alpha value is -3.98. The summed E-state index contributed by atoms with van der Waals surface area (Å²) in [5.41, 5.74) is 6.17. The number of carbonyl (C=O) groups is 3. The lowest BCUT2D eigenvalue weighted by Crippen LogP contribution is -2.32. The lowest BCUT2D eigenvalue weighted by Gasteiger charge is -2.19. The number of benzene rings is 1. The molecule has 32 heavy (non-hydrogen) atoms. The van der Waals surface area contributed by atoms with E-state index >= 15 is 0 Å². The number of carboxylic acids is 1. The molecule has 2 heterocycles. The van der Waals surface area contributed by atoms with E-state index in [9.17, 15) is 24.3 Å². The Morgan fingerprint density at radius 3 is 2.34 bits per heavy atom. The van der Waals surface area contributed by atoms with E-state index in [-0.39, 0.29) is 22.6 Å². The summed E-state index contributed by atoms with van der Waals surface area (Å²) in [7, 11) is 1.41. The Bertz CT molecular complexity index is 1280. The fraction of sp³-hybridized carbons (Fsp3) is 0.136. The van der Waals surface area contributed by atoms with Crippen LogP contribution in [-0.2, 0) is 18.3 Å². The van der Waals surface area contributed by atoms with Crippen LogP contribution < -0.4 is 16.6 Å². The van der Waals surface area contributed by atoms with Gasteiger partial charge in [0.05, 0.1) is 12.0 Å². The molecule has 1 aromatic carbocycles. The number of aromatic nitrogens is 2. The number of hydrogen-bond acceptors (Lipinski definition) is 5. The van der Waals surface area contributed by atoms with Gasteiger partial charge in [0.15, 0.2) is 0 Å². The van der Waals surface area contributed by atoms with Crippen molar-refractivity contribution in [1.82, 2.24) is 9.55 Å². The molecule has 3 rings (SSSR count). The smallest absolute Gasteiger partial charge is 0.309 e. The van der Waals surface area contributed by atoms with Gasteiger partial charge in [-0.3, -0.25) is 19.2 Å². The van der Waals surface area contributed by atoms with Crippen LogP contribution in [0.4, 0.5) is 5.82 Å². The molecule has 3 aromatic rings. The zero-order chi connectivity index (χ0) is 23.6. The van der Waals surface area contributed by atoms with Gasteiger partial charge in [-0.1, -0.05) is 23.7 Å². The standard InChI is InChI=1S/C22H19ClN4O5/c1-11-18(12-3-6-14(23)7-4-12)15(9-17(28)29)27(2)22(32)19(11)21(31)26-16-8-5-13(10-25-16)20(24)30/h3-8,10H,9H2,1-2H3,(H2,24,30)(H,28,29)(H,25,26,31). The van der Waals surface area contributed by atoms with Crippen molar-refractivity contribution < 1.29 is 19.5 Å². The third-order valence-corrected chi connectivity index (χ3v) is 5.18. The van der Waals surface area contributed by atoms with Gasteiger partial charge in [0.1, 0.15) is 11.4 Å². The zero-order valence-electron chi connectivity index (χ0n) is 17.2. The third-order valence-electron chi connectivity index (χ3n) is 4.93. The molecule has 10 heteroatoms. The van der Waals surface area contributed by atoms with E-state index in [2.05, 4.69) is 10.3 Å². The number of carbonyl (C=O) groups excluding carboxylic acids is 2. The first-order valence-electron chi connectivity index (χ1n) is 9.37. The summed E-state index contributed by atoms with van der Waals surface area (Å²) in [4.78, 5) is 52.6. The highest BCUT2D eigenvalue weighted by Gasteiger charge is 2.24. The number of hydrogen-bond donors (Lipinski definition) is 3. The Labute approximate surface area is 187 Å². The molecule has 2 aromatic heterocycles. The molecular formula is C22H19ClN4O5. The fourth-order valence-corrected chi connectivity index (χ4v) is 3.50. The van der Waals surface area contributed by atoms with Crippen molar-refractivity contribution in [3.05, 3.63) is 80.4 Å². The number of aliphatic carboxylic acids is 1. The SMILES string of the molecule is Cc1c(-c2ccc(Cl)cc2)c(CC(=O)O)n(C)c(=O)c1C(=O)Nc1ccc(C(N)=O)cn1. The van der Waals surface area contributed by atoms with Crippen LogP contribution in [0.15, 0.2) is 47.4 Å². The summed E-state index contributed by atoms with van der Waals surface area (Å²) in [5.74, 6) is -2.39. The van der Waals surface area contributed by atoms with Gasteiger partial charge in [-0.05, 0) is 42.3 Å². The van der Waals surface area contributed by atoms with Crippen molar-refractivity contribution in [2.45, 2.75) is 13.3 Å². The van der Waals surface area contributed by atoms with Crippen LogP contribution in [0.25, 0.3) is 11.1 Å². The molecule has 0 atom stereocenters. The fourth-order valence-electron chi connectivity index (χ4n) is 3.37. The molecule has 0 spiro atoms. The summed E-state index contributed by atoms with van der Waals surface area (Å²) in [6, 6.07) is 9.42. The third kappa shape index (κ3) is 4.52. The summed E-state index contributed by atoms with van der Waals surface area (Å²) in [5, 5.41) is 12.4. The van der Waals surface area contributed by atoms with Gasteiger partial charge in [0.2, 0.25) is 5.91 Å². The highest BCUT2D eigenvalue weighted by Crippen LogP contribution is 2.30. The van der Waals surface area contributed by atoms with Crippen molar-refractivity contribution in [3.8, 4) is 11.1 Å². The lowest BCUT2D eigenvalue weighted by molar-refractivity contribution is -0.136. The van der Waals surface area contributed by atoms with Gasteiger partial charge in [0, 0.05) is 29.5 Å². The Kier molecular flexibility index (Phi) is 6.40. The Morgan fingerprint density at radius 2 is 1.81 bits per heavy atom. The van der Waals surface area contributed by atoms with Gasteiger partial charge in [-0.2, -0.15) is 0 Å². The summed E-state index contributed by atoms with van der Waals surface area (Å²) >= 11 is 5.97. The second kappa shape index (κ2) is 9.03. The monoisotopic (exact) mass is 454 g/mol. The van der Waals surface area contributed by atoms with Crippen LogP contribution in [0.1, 0.15) is 32.0 Å². The number of rotatable bonds is 6. The maximum absolute atomic E-state index is 13.0. The molecule has 0 saturated carbocycles. The second-order valence-electron chi connectivity index (χ2n) is 7.01. The first kappa shape index (κ1) is 22.7. The van der Waals surface area contributed by atoms with E-state index in [4.69, 9.17) is 17.3 Å². The number of nitrogens with two attached hydrogens (primary N) is 1. The number of halogens is 1. The predicted molar refractivity (Wildman–Crippen MR) is 119 cm³/mol. The second-order valence-corrected chi connectivity index (χ2v) is 7.45. The normalized spacial score (nSPS) is 10.6. The molecule has 0 saturated heterocycles. The number of nitrogens with one attached hydrogen (secondary N) is 1. The average Bonchev–Trinajstić information content (AvgIpc) is 2.73. The molecule has 9 nitrogen and oxygen atoms in total. The zero-order valence-corrected chi connectivity index (χ0v) is 17.9. The van der Waals surface area contributed by atoms with E-state index in [0.29, 0.717) is 21.7 Å². The van der Waals surface area contributed by atoms with Crippen LogP contribution >= 0.6 is 11.6 Å². The van der Waals surface area contributed by atoms with Gasteiger partial charge in [-0.15, -0.1) is 0 Å². The van der Waals surface area contributed by atoms with Crippen molar-refractivity contribution in [2.24, 2.45) is 12.8 Å². The van der Waals surface area contributed by atoms with E-state index < -0.39 is 29.8 Å². The minimum Gasteiger partial charge on any atom is -0.481 e. The predicted octanol–water partition coefficient (Wildman–Crippen LogP) is 2.39. The minimum absolute atomic E-state index is 0.115. The van der Waals surface area contributed by atoms with Gasteiger partial charge in [0.25, 0.3) is 11.5 Å². The molecule has 0 fully saturated rings. The number of pyridine rings is 2. The first-order chi connectivity index (χ1) is 15.1. The average molecular weight is 455 g/mol. The molecular weight excluding hydrogens is 436 g/mol. The highest BCUT2D eigenvalue weighted by molar-refractivity contribution is 6.30. The maximum atomic E-state index is 13.0. The van der Waals surface area contributed by atoms with Crippen molar-refractivity contribution in [1.29, 1.82) is 0 Å². The highest BCUT2D eigenvalue weighted by atomic mass is 35.5. The van der Waals surface area contributed by atoms with Crippen LogP contribution in [0.5, 0.6) is 0 Å². The summed E-state index contributed by atoms with van der Waals surface area (Å²) < 4.78 is 1.16. The van der Waals surface area contributed by atoms with E-state index in [1.54, 1.807) is 31.2 Å². The van der Waals surface area contributed by atoms with Crippen LogP contribution in [0.3, 0.4) is 0 Å². The summed E-state index contributed by atoms with van der Waals surface area (Å²) in [6.07, 6.45) is 0.792. The molecule has 164 valence electrons. The molecule has 0 aliphatic rings. The Balaban J connectivity index is 2.14. The van der Waals surface area contributed by atoms with E-state index in [0.717, 1.165) is 4.57 Å². The summed E-state index contributed by atoms with van der Waals surface area (Å²) in [6.45, 7) is 1.58. The molecule has 0 radical (unpaired) electrons. The van der Waals surface area contributed by atoms with E-state index in [1.165, 1.54) is 25.4 Å². The number of amides is 2. The molecule has 2 amide bonds. The number of nitrogens with zero attached hydrogens (tertiary/aromatic N) is 2. The largest absolute Gasteiger partial charge is 0.481 e. The quantitative estimate of drug-likeness (QED) is 0.521. The molecule has 0 aliphatic heterocycles. The number of primary amides is 1. The lowest BCUT2D eigenvalue weighted by atomic mass is 9.93. The number of anilines is 1. The van der Waals surface area contributed by atoms with Gasteiger partial charge >= 0.3 is 5.97 Å². The number of carboxylic acid groups (broad SMARTS) is 1. The van der Waals surface area contributed by atoms with Gasteiger partial charge < -0.3 is 20.7 Å². The van der Waals surface area contributed by atoms with Crippen LogP contribution in [0, 0.1) is 6.92 Å². The molecule has 0 unspecified atom stereocenters. The first-order valence-corrected chi connectivity index (χ1v) is 9.75. The van der Waals surface area contributed by atoms with Crippen molar-refractivity contribution in [3.63, 3.8) is 0 Å². The minimum atomic E-state index is -1.12. The van der Waals surface area contributed by atoms with Crippen LogP contribution in [0.2, 0.25) is 5.02 Å². The Morgan fingerprint density at radius 1 is 1.16 bits per heavy atom. The molecule has 0 bridgehead atoms. The van der Waals surface area contributed by atoms with Gasteiger partial charge in [-0.25, -0.2) is 4.98 Å². The van der Waals surface area contributed by atoms with Crippen LogP contribution in [-0.4, -0.2) is 32.4 Å². The molecule has 4 N–H and O–H groups in total.